The average molecular weight is 228 g/mol. The lowest BCUT2D eigenvalue weighted by atomic mass is 10.0. The van der Waals surface area contributed by atoms with E-state index < -0.39 is 12.3 Å². The number of nitrogens with one attached hydrogen (secondary N) is 1. The Hall–Kier alpha value is -1.49. The number of halogens is 2. The van der Waals surface area contributed by atoms with E-state index in [1.54, 1.807) is 19.2 Å². The van der Waals surface area contributed by atoms with Crippen molar-refractivity contribution in [3.8, 4) is 0 Å². The second kappa shape index (κ2) is 5.55. The lowest BCUT2D eigenvalue weighted by Crippen LogP contribution is -2.23. The summed E-state index contributed by atoms with van der Waals surface area (Å²) >= 11 is 0. The Morgan fingerprint density at radius 3 is 2.56 bits per heavy atom. The van der Waals surface area contributed by atoms with Gasteiger partial charge >= 0.3 is 0 Å². The zero-order valence-electron chi connectivity index (χ0n) is 8.91. The molecule has 1 amide bonds. The van der Waals surface area contributed by atoms with Crippen LogP contribution < -0.4 is 11.1 Å². The van der Waals surface area contributed by atoms with Crippen LogP contribution in [0.2, 0.25) is 0 Å². The van der Waals surface area contributed by atoms with E-state index in [1.165, 1.54) is 12.1 Å². The molecule has 0 radical (unpaired) electrons. The molecule has 0 aliphatic heterocycles. The molecular formula is C11H14F2N2O. The topological polar surface area (TPSA) is 55.1 Å². The molecule has 0 aliphatic rings. The third kappa shape index (κ3) is 3.27. The number of amides is 1. The van der Waals surface area contributed by atoms with Crippen LogP contribution in [0.4, 0.5) is 8.78 Å². The molecule has 0 spiro atoms. The molecule has 5 heteroatoms. The van der Waals surface area contributed by atoms with E-state index in [0.717, 1.165) is 0 Å². The Bertz CT molecular complexity index is 369. The Balaban J connectivity index is 2.92. The smallest absolute Gasteiger partial charge is 0.263 e. The maximum Gasteiger partial charge on any atom is 0.263 e. The van der Waals surface area contributed by atoms with Crippen LogP contribution in [0, 0.1) is 0 Å². The quantitative estimate of drug-likeness (QED) is 0.806. The van der Waals surface area contributed by atoms with Gasteiger partial charge < -0.3 is 11.1 Å². The van der Waals surface area contributed by atoms with Crippen molar-refractivity contribution in [2.45, 2.75) is 18.9 Å². The minimum absolute atomic E-state index is 0.0535. The van der Waals surface area contributed by atoms with Crippen LogP contribution in [0.5, 0.6) is 0 Å². The zero-order chi connectivity index (χ0) is 12.1. The summed E-state index contributed by atoms with van der Waals surface area (Å²) in [6, 6.07) is 5.65. The van der Waals surface area contributed by atoms with Crippen LogP contribution in [0.1, 0.15) is 30.0 Å². The highest BCUT2D eigenvalue weighted by Crippen LogP contribution is 2.23. The van der Waals surface area contributed by atoms with Gasteiger partial charge in [0.2, 0.25) is 5.91 Å². The third-order valence-corrected chi connectivity index (χ3v) is 2.32. The van der Waals surface area contributed by atoms with Crippen molar-refractivity contribution >= 4 is 5.91 Å². The first-order chi connectivity index (χ1) is 7.54. The van der Waals surface area contributed by atoms with Gasteiger partial charge in [0, 0.05) is 18.0 Å². The number of carbonyl (C=O) groups is 1. The molecule has 0 aliphatic carbocycles. The molecule has 3 N–H and O–H groups in total. The van der Waals surface area contributed by atoms with Crippen molar-refractivity contribution in [1.29, 1.82) is 0 Å². The highest BCUT2D eigenvalue weighted by Gasteiger charge is 2.14. The SMILES string of the molecule is CNC(CC(N)=O)c1cccc(C(F)F)c1. The number of carbonyl (C=O) groups excluding carboxylic acids is 1. The largest absolute Gasteiger partial charge is 0.370 e. The molecule has 1 rings (SSSR count). The van der Waals surface area contributed by atoms with Crippen LogP contribution in [-0.4, -0.2) is 13.0 Å². The minimum Gasteiger partial charge on any atom is -0.370 e. The van der Waals surface area contributed by atoms with E-state index in [-0.39, 0.29) is 18.0 Å². The van der Waals surface area contributed by atoms with E-state index >= 15 is 0 Å². The van der Waals surface area contributed by atoms with Gasteiger partial charge in [-0.2, -0.15) is 0 Å². The van der Waals surface area contributed by atoms with Gasteiger partial charge in [0.25, 0.3) is 6.43 Å². The van der Waals surface area contributed by atoms with Crippen molar-refractivity contribution < 1.29 is 13.6 Å². The molecular weight excluding hydrogens is 214 g/mol. The van der Waals surface area contributed by atoms with Gasteiger partial charge in [-0.25, -0.2) is 8.78 Å². The molecule has 1 unspecified atom stereocenters. The predicted molar refractivity (Wildman–Crippen MR) is 57.0 cm³/mol. The van der Waals surface area contributed by atoms with Crippen LogP contribution in [0.25, 0.3) is 0 Å². The van der Waals surface area contributed by atoms with E-state index in [0.29, 0.717) is 5.56 Å². The van der Waals surface area contributed by atoms with Gasteiger partial charge in [-0.1, -0.05) is 18.2 Å². The van der Waals surface area contributed by atoms with Crippen LogP contribution >= 0.6 is 0 Å². The number of hydrogen-bond acceptors (Lipinski definition) is 2. The first-order valence-electron chi connectivity index (χ1n) is 4.88. The third-order valence-electron chi connectivity index (χ3n) is 2.32. The number of benzene rings is 1. The monoisotopic (exact) mass is 228 g/mol. The van der Waals surface area contributed by atoms with E-state index in [2.05, 4.69) is 5.32 Å². The molecule has 16 heavy (non-hydrogen) atoms. The van der Waals surface area contributed by atoms with Gasteiger partial charge in [0.15, 0.2) is 0 Å². The fourth-order valence-electron chi connectivity index (χ4n) is 1.50. The summed E-state index contributed by atoms with van der Waals surface area (Å²) < 4.78 is 24.9. The van der Waals surface area contributed by atoms with Gasteiger partial charge in [0.1, 0.15) is 0 Å². The van der Waals surface area contributed by atoms with Gasteiger partial charge in [-0.05, 0) is 18.7 Å². The molecule has 0 aromatic heterocycles. The highest BCUT2D eigenvalue weighted by atomic mass is 19.3. The minimum atomic E-state index is -2.51. The number of primary amides is 1. The molecule has 0 saturated heterocycles. The summed E-state index contributed by atoms with van der Waals surface area (Å²) in [4.78, 5) is 10.8. The molecule has 88 valence electrons. The number of alkyl halides is 2. The summed E-state index contributed by atoms with van der Waals surface area (Å²) in [7, 11) is 1.66. The summed E-state index contributed by atoms with van der Waals surface area (Å²) in [5.41, 5.74) is 5.66. The number of rotatable bonds is 5. The molecule has 0 fully saturated rings. The van der Waals surface area contributed by atoms with Crippen molar-refractivity contribution in [2.24, 2.45) is 5.73 Å². The van der Waals surface area contributed by atoms with Crippen LogP contribution in [-0.2, 0) is 4.79 Å². The highest BCUT2D eigenvalue weighted by molar-refractivity contribution is 5.74. The summed E-state index contributed by atoms with van der Waals surface area (Å²) in [6.07, 6.45) is -2.42. The van der Waals surface area contributed by atoms with Crippen molar-refractivity contribution in [3.63, 3.8) is 0 Å². The van der Waals surface area contributed by atoms with Gasteiger partial charge in [0.05, 0.1) is 0 Å². The van der Waals surface area contributed by atoms with Crippen molar-refractivity contribution in [3.05, 3.63) is 35.4 Å². The Kier molecular flexibility index (Phi) is 4.37. The van der Waals surface area contributed by atoms with E-state index in [1.807, 2.05) is 0 Å². The van der Waals surface area contributed by atoms with Gasteiger partial charge in [-0.15, -0.1) is 0 Å². The fraction of sp³-hybridized carbons (Fsp3) is 0.364. The van der Waals surface area contributed by atoms with Crippen LogP contribution in [0.3, 0.4) is 0 Å². The summed E-state index contributed by atoms with van der Waals surface area (Å²) in [6.45, 7) is 0. The first kappa shape index (κ1) is 12.6. The molecule has 3 nitrogen and oxygen atoms in total. The maximum absolute atomic E-state index is 12.5. The Morgan fingerprint density at radius 1 is 1.44 bits per heavy atom. The summed E-state index contributed by atoms with van der Waals surface area (Å²) in [5.74, 6) is -0.471. The lowest BCUT2D eigenvalue weighted by molar-refractivity contribution is -0.118. The average Bonchev–Trinajstić information content (AvgIpc) is 2.25. The molecule has 1 atom stereocenters. The number of nitrogens with two attached hydrogens (primary N) is 1. The molecule has 1 aromatic rings. The zero-order valence-corrected chi connectivity index (χ0v) is 8.91. The predicted octanol–water partition coefficient (Wildman–Crippen LogP) is 1.76. The van der Waals surface area contributed by atoms with E-state index in [9.17, 15) is 13.6 Å². The van der Waals surface area contributed by atoms with Crippen LogP contribution in [0.15, 0.2) is 24.3 Å². The van der Waals surface area contributed by atoms with E-state index in [4.69, 9.17) is 5.73 Å². The van der Waals surface area contributed by atoms with Crippen molar-refractivity contribution in [2.75, 3.05) is 7.05 Å². The maximum atomic E-state index is 12.5. The standard InChI is InChI=1S/C11H14F2N2O/c1-15-9(6-10(14)16)7-3-2-4-8(5-7)11(12)13/h2-5,9,11,15H,6H2,1H3,(H2,14,16). The molecule has 0 heterocycles. The number of hydrogen-bond donors (Lipinski definition) is 2. The second-order valence-electron chi connectivity index (χ2n) is 3.48. The van der Waals surface area contributed by atoms with Gasteiger partial charge in [-0.3, -0.25) is 4.79 Å². The second-order valence-corrected chi connectivity index (χ2v) is 3.48. The Morgan fingerprint density at radius 2 is 2.06 bits per heavy atom. The fourth-order valence-corrected chi connectivity index (χ4v) is 1.50. The first-order valence-corrected chi connectivity index (χ1v) is 4.88. The van der Waals surface area contributed by atoms with Crippen molar-refractivity contribution in [1.82, 2.24) is 5.32 Å². The molecule has 1 aromatic carbocycles. The molecule has 0 saturated carbocycles. The summed E-state index contributed by atoms with van der Waals surface area (Å²) in [5, 5.41) is 2.87. The normalized spacial score (nSPS) is 12.8. The lowest BCUT2D eigenvalue weighted by Gasteiger charge is -2.15. The molecule has 0 bridgehead atoms. The Labute approximate surface area is 92.6 Å².